The van der Waals surface area contributed by atoms with Crippen molar-refractivity contribution in [1.82, 2.24) is 5.27 Å². The maximum Gasteiger partial charge on any atom is 0.298 e. The molecule has 0 bridgehead atoms. The van der Waals surface area contributed by atoms with E-state index in [9.17, 15) is 9.90 Å². The fraction of sp³-hybridized carbons (Fsp3) is 0.118. The van der Waals surface area contributed by atoms with Crippen LogP contribution in [0.4, 0.5) is 5.69 Å². The fourth-order valence-electron chi connectivity index (χ4n) is 2.14. The molecule has 0 saturated heterocycles. The molecule has 0 atom stereocenters. The van der Waals surface area contributed by atoms with Crippen LogP contribution in [0.2, 0.25) is 5.02 Å². The Morgan fingerprint density at radius 3 is 2.84 bits per heavy atom. The van der Waals surface area contributed by atoms with Crippen molar-refractivity contribution in [3.63, 3.8) is 0 Å². The summed E-state index contributed by atoms with van der Waals surface area (Å²) in [6, 6.07) is 14.4. The number of aryl methyl sites for hydroxylation is 1. The van der Waals surface area contributed by atoms with Crippen LogP contribution in [-0.2, 0) is 4.79 Å². The van der Waals surface area contributed by atoms with Gasteiger partial charge in [0.05, 0.1) is 11.0 Å². The number of hydrogen-bond acceptors (Lipinski definition) is 5. The van der Waals surface area contributed by atoms with E-state index < -0.39 is 5.95 Å². The smallest absolute Gasteiger partial charge is 0.298 e. The van der Waals surface area contributed by atoms with Crippen molar-refractivity contribution >= 4 is 35.0 Å². The Kier molecular flexibility index (Phi) is 5.25. The largest absolute Gasteiger partial charge is 0.538 e. The molecule has 0 aliphatic rings. The summed E-state index contributed by atoms with van der Waals surface area (Å²) in [6.07, 6.45) is 0. The Labute approximate surface area is 153 Å². The number of nitrogens with one attached hydrogen (secondary N) is 1. The third kappa shape index (κ3) is 4.12. The minimum Gasteiger partial charge on any atom is -0.538 e. The first-order chi connectivity index (χ1) is 12.0. The van der Waals surface area contributed by atoms with E-state index >= 15 is 0 Å². The SMILES string of the molecule is Cc1ccc(Cl)cc1NC(=O)CSc1c([O-])on[n+]1-c1ccccc1. The number of benzene rings is 2. The molecular formula is C17H14ClN3O3S. The summed E-state index contributed by atoms with van der Waals surface area (Å²) in [4.78, 5) is 12.2. The van der Waals surface area contributed by atoms with Gasteiger partial charge in [-0.2, -0.15) is 0 Å². The zero-order valence-electron chi connectivity index (χ0n) is 13.2. The number of anilines is 1. The predicted molar refractivity (Wildman–Crippen MR) is 93.0 cm³/mol. The second kappa shape index (κ2) is 7.58. The maximum atomic E-state index is 12.2. The van der Waals surface area contributed by atoms with Gasteiger partial charge < -0.3 is 14.9 Å². The van der Waals surface area contributed by atoms with Gasteiger partial charge in [-0.3, -0.25) is 4.79 Å². The third-order valence-electron chi connectivity index (χ3n) is 3.39. The molecule has 1 aromatic heterocycles. The molecule has 0 aliphatic carbocycles. The van der Waals surface area contributed by atoms with Crippen LogP contribution < -0.4 is 15.1 Å². The summed E-state index contributed by atoms with van der Waals surface area (Å²) in [7, 11) is 0. The van der Waals surface area contributed by atoms with E-state index in [1.807, 2.05) is 31.2 Å². The van der Waals surface area contributed by atoms with Crippen molar-refractivity contribution in [2.24, 2.45) is 0 Å². The minimum atomic E-state index is -0.583. The van der Waals surface area contributed by atoms with E-state index in [1.165, 1.54) is 4.68 Å². The van der Waals surface area contributed by atoms with E-state index in [4.69, 9.17) is 16.1 Å². The van der Waals surface area contributed by atoms with Crippen molar-refractivity contribution in [1.29, 1.82) is 0 Å². The number of nitrogens with zero attached hydrogens (tertiary/aromatic N) is 2. The van der Waals surface area contributed by atoms with Gasteiger partial charge in [-0.25, -0.2) is 0 Å². The Balaban J connectivity index is 1.71. The number of halogens is 1. The van der Waals surface area contributed by atoms with Crippen molar-refractivity contribution in [3.8, 4) is 11.6 Å². The van der Waals surface area contributed by atoms with Gasteiger partial charge in [0, 0.05) is 22.8 Å². The first kappa shape index (κ1) is 17.3. The summed E-state index contributed by atoms with van der Waals surface area (Å²) < 4.78 is 6.10. The summed E-state index contributed by atoms with van der Waals surface area (Å²) in [5, 5.41) is 19.2. The Bertz CT molecular complexity index is 899. The summed E-state index contributed by atoms with van der Waals surface area (Å²) in [5.41, 5.74) is 2.22. The quantitative estimate of drug-likeness (QED) is 0.547. The zero-order valence-corrected chi connectivity index (χ0v) is 14.8. The lowest BCUT2D eigenvalue weighted by molar-refractivity contribution is -0.705. The monoisotopic (exact) mass is 375 g/mol. The molecule has 2 aromatic carbocycles. The van der Waals surface area contributed by atoms with Crippen LogP contribution in [0.3, 0.4) is 0 Å². The molecule has 8 heteroatoms. The molecule has 1 amide bonds. The summed E-state index contributed by atoms with van der Waals surface area (Å²) >= 11 is 7.01. The molecule has 0 unspecified atom stereocenters. The number of aromatic nitrogens is 2. The van der Waals surface area contributed by atoms with E-state index in [-0.39, 0.29) is 16.7 Å². The lowest BCUT2D eigenvalue weighted by Crippen LogP contribution is -2.35. The van der Waals surface area contributed by atoms with Crippen LogP contribution in [0, 0.1) is 6.92 Å². The number of thioether (sulfide) groups is 1. The van der Waals surface area contributed by atoms with E-state index in [0.29, 0.717) is 16.4 Å². The molecule has 6 nitrogen and oxygen atoms in total. The highest BCUT2D eigenvalue weighted by Gasteiger charge is 2.22. The van der Waals surface area contributed by atoms with Gasteiger partial charge in [0.2, 0.25) is 11.6 Å². The topological polar surface area (TPSA) is 82.1 Å². The van der Waals surface area contributed by atoms with Gasteiger partial charge in [0.1, 0.15) is 0 Å². The van der Waals surface area contributed by atoms with Gasteiger partial charge in [-0.1, -0.05) is 35.9 Å². The highest BCUT2D eigenvalue weighted by molar-refractivity contribution is 7.99. The van der Waals surface area contributed by atoms with Crippen molar-refractivity contribution in [3.05, 3.63) is 59.1 Å². The number of rotatable bonds is 5. The maximum absolute atomic E-state index is 12.2. The molecule has 1 heterocycles. The number of carbonyl (C=O) groups is 1. The van der Waals surface area contributed by atoms with Crippen LogP contribution in [0.25, 0.3) is 5.69 Å². The predicted octanol–water partition coefficient (Wildman–Crippen LogP) is 2.72. The lowest BCUT2D eigenvalue weighted by Gasteiger charge is -2.08. The normalized spacial score (nSPS) is 10.6. The molecule has 3 rings (SSSR count). The molecular weight excluding hydrogens is 362 g/mol. The van der Waals surface area contributed by atoms with E-state index in [0.717, 1.165) is 17.3 Å². The average Bonchev–Trinajstić information content (AvgIpc) is 2.98. The molecule has 0 radical (unpaired) electrons. The molecule has 0 fully saturated rings. The Morgan fingerprint density at radius 2 is 2.08 bits per heavy atom. The van der Waals surface area contributed by atoms with E-state index in [2.05, 4.69) is 10.6 Å². The second-order valence-electron chi connectivity index (χ2n) is 5.21. The van der Waals surface area contributed by atoms with Crippen LogP contribution in [-0.4, -0.2) is 16.9 Å². The number of amides is 1. The third-order valence-corrected chi connectivity index (χ3v) is 4.64. The van der Waals surface area contributed by atoms with Gasteiger partial charge >= 0.3 is 0 Å². The highest BCUT2D eigenvalue weighted by Crippen LogP contribution is 2.24. The van der Waals surface area contributed by atoms with Crippen molar-refractivity contribution in [2.45, 2.75) is 11.9 Å². The van der Waals surface area contributed by atoms with E-state index in [1.54, 1.807) is 24.3 Å². The summed E-state index contributed by atoms with van der Waals surface area (Å²) in [6.45, 7) is 1.87. The molecule has 0 spiro atoms. The van der Waals surface area contributed by atoms with Crippen LogP contribution in [0.5, 0.6) is 5.95 Å². The van der Waals surface area contributed by atoms with Gasteiger partial charge in [0.15, 0.2) is 5.95 Å². The number of carbonyl (C=O) groups excluding carboxylic acids is 1. The van der Waals surface area contributed by atoms with Crippen LogP contribution in [0.15, 0.2) is 58.1 Å². The molecule has 128 valence electrons. The zero-order chi connectivity index (χ0) is 17.8. The number of para-hydroxylation sites is 1. The first-order valence-corrected chi connectivity index (χ1v) is 8.74. The molecule has 25 heavy (non-hydrogen) atoms. The van der Waals surface area contributed by atoms with Crippen LogP contribution >= 0.6 is 23.4 Å². The average molecular weight is 376 g/mol. The Morgan fingerprint density at radius 1 is 1.32 bits per heavy atom. The molecule has 0 saturated carbocycles. The first-order valence-electron chi connectivity index (χ1n) is 7.38. The van der Waals surface area contributed by atoms with Gasteiger partial charge in [-0.05, 0) is 41.1 Å². The number of hydrogen-bond donors (Lipinski definition) is 1. The Hall–Kier alpha value is -2.51. The minimum absolute atomic E-state index is 0.0369. The summed E-state index contributed by atoms with van der Waals surface area (Å²) in [5.74, 6) is -0.800. The highest BCUT2D eigenvalue weighted by atomic mass is 35.5. The fourth-order valence-corrected chi connectivity index (χ4v) is 3.07. The van der Waals surface area contributed by atoms with Gasteiger partial charge in [0.25, 0.3) is 5.03 Å². The van der Waals surface area contributed by atoms with Crippen molar-refractivity contribution in [2.75, 3.05) is 11.1 Å². The standard InChI is InChI=1S/C17H14ClN3O3S/c1-11-7-8-12(18)9-14(11)19-15(22)10-25-16-17(23)24-20-21(16)13-5-3-2-4-6-13/h2-9H,10H2,1H3,(H-,19,20,22,23). The van der Waals surface area contributed by atoms with Crippen LogP contribution in [0.1, 0.15) is 5.56 Å². The second-order valence-corrected chi connectivity index (χ2v) is 6.61. The van der Waals surface area contributed by atoms with Crippen molar-refractivity contribution < 1.29 is 19.1 Å². The lowest BCUT2D eigenvalue weighted by atomic mass is 10.2. The molecule has 1 N–H and O–H groups in total. The molecule has 0 aliphatic heterocycles. The molecule has 3 aromatic rings. The van der Waals surface area contributed by atoms with Gasteiger partial charge in [-0.15, -0.1) is 0 Å².